The van der Waals surface area contributed by atoms with E-state index < -0.39 is 36.8 Å². The van der Waals surface area contributed by atoms with E-state index in [9.17, 15) is 0 Å². The number of rotatable bonds is 4. The molecule has 0 atom stereocenters. The number of hydrogen-bond donors (Lipinski definition) is 0. The quantitative estimate of drug-likeness (QED) is 0.180. The third-order valence-electron chi connectivity index (χ3n) is 11.2. The molecule has 4 aromatic rings. The molecule has 1 saturated heterocycles. The Kier molecular flexibility index (Phi) is 15.6. The zero-order chi connectivity index (χ0) is 31.6. The first kappa shape index (κ1) is 35.8. The summed E-state index contributed by atoms with van der Waals surface area (Å²) < 4.78 is 12.9. The summed E-state index contributed by atoms with van der Waals surface area (Å²) in [6.45, 7) is 0. The Bertz CT molecular complexity index is 1120. The van der Waals surface area contributed by atoms with Crippen LogP contribution in [0.1, 0.15) is 103 Å². The molecule has 0 radical (unpaired) electrons. The van der Waals surface area contributed by atoms with Crippen molar-refractivity contribution in [2.45, 2.75) is 120 Å². The zero-order valence-corrected chi connectivity index (χ0v) is 34.4. The van der Waals surface area contributed by atoms with Crippen molar-refractivity contribution in [3.63, 3.8) is 0 Å². The minimum atomic E-state index is -2.75. The van der Waals surface area contributed by atoms with Crippen LogP contribution in [-0.4, -0.2) is 36.8 Å². The average Bonchev–Trinajstić information content (AvgIpc) is 3.12. The van der Waals surface area contributed by atoms with Crippen LogP contribution in [0.5, 0.6) is 0 Å². The summed E-state index contributed by atoms with van der Waals surface area (Å²) in [6.07, 6.45) is 22.7. The minimum absolute atomic E-state index is 1.42. The Hall–Kier alpha value is -1.52. The molecule has 4 aromatic carbocycles. The summed E-state index contributed by atoms with van der Waals surface area (Å²) in [4.78, 5) is 0. The van der Waals surface area contributed by atoms with Crippen LogP contribution >= 0.6 is 0 Å². The van der Waals surface area contributed by atoms with Gasteiger partial charge in [-0.2, -0.15) is 0 Å². The molecule has 0 spiro atoms. The van der Waals surface area contributed by atoms with E-state index in [0.717, 1.165) is 0 Å². The van der Waals surface area contributed by atoms with E-state index in [0.29, 0.717) is 0 Å². The Morgan fingerprint density at radius 3 is 0.587 bits per heavy atom. The molecule has 5 rings (SSSR count). The monoisotopic (exact) mass is 828 g/mol. The van der Waals surface area contributed by atoms with E-state index in [-0.39, 0.29) is 0 Å². The fourth-order valence-electron chi connectivity index (χ4n) is 8.60. The predicted octanol–water partition coefficient (Wildman–Crippen LogP) is 10.8. The Morgan fingerprint density at radius 2 is 0.391 bits per heavy atom. The zero-order valence-electron chi connectivity index (χ0n) is 28.7. The summed E-state index contributed by atoms with van der Waals surface area (Å²) in [7, 11) is 0. The molecular formula is C44H60Sn2. The predicted molar refractivity (Wildman–Crippen MR) is 209 cm³/mol. The van der Waals surface area contributed by atoms with Gasteiger partial charge < -0.3 is 0 Å². The van der Waals surface area contributed by atoms with E-state index in [1.165, 1.54) is 120 Å². The molecule has 0 aliphatic carbocycles. The second kappa shape index (κ2) is 20.1. The summed E-state index contributed by atoms with van der Waals surface area (Å²) in [5, 5.41) is 0. The molecule has 0 bridgehead atoms. The van der Waals surface area contributed by atoms with Crippen molar-refractivity contribution in [3.05, 3.63) is 121 Å². The van der Waals surface area contributed by atoms with Gasteiger partial charge in [-0.15, -0.1) is 0 Å². The Balaban J connectivity index is 1.25. The average molecular weight is 826 g/mol. The van der Waals surface area contributed by atoms with Gasteiger partial charge in [-0.25, -0.2) is 0 Å². The maximum atomic E-state index is 2.50. The van der Waals surface area contributed by atoms with Crippen LogP contribution in [0.4, 0.5) is 0 Å². The fraction of sp³-hybridized carbons (Fsp3) is 0.455. The molecule has 0 unspecified atom stereocenters. The molecular weight excluding hydrogens is 766 g/mol. The van der Waals surface area contributed by atoms with Crippen LogP contribution < -0.4 is 14.3 Å². The summed E-state index contributed by atoms with van der Waals surface area (Å²) in [5.74, 6) is 0. The van der Waals surface area contributed by atoms with Crippen molar-refractivity contribution in [1.82, 2.24) is 0 Å². The molecule has 1 aliphatic rings. The topological polar surface area (TPSA) is 0 Å². The molecule has 1 aliphatic heterocycles. The molecule has 0 N–H and O–H groups in total. The summed E-state index contributed by atoms with van der Waals surface area (Å²) >= 11 is -5.51. The summed E-state index contributed by atoms with van der Waals surface area (Å²) in [5.41, 5.74) is 0. The third-order valence-corrected chi connectivity index (χ3v) is 41.4. The van der Waals surface area contributed by atoms with Gasteiger partial charge in [0.2, 0.25) is 0 Å². The van der Waals surface area contributed by atoms with Gasteiger partial charge in [0.05, 0.1) is 0 Å². The van der Waals surface area contributed by atoms with Crippen LogP contribution in [0.3, 0.4) is 0 Å². The Labute approximate surface area is 290 Å². The molecule has 0 saturated carbocycles. The van der Waals surface area contributed by atoms with E-state index in [2.05, 4.69) is 121 Å². The molecule has 46 heavy (non-hydrogen) atoms. The molecule has 1 heterocycles. The second-order valence-electron chi connectivity index (χ2n) is 14.3. The van der Waals surface area contributed by atoms with Gasteiger partial charge in [-0.05, 0) is 0 Å². The van der Waals surface area contributed by atoms with E-state index in [1.807, 2.05) is 0 Å². The van der Waals surface area contributed by atoms with Gasteiger partial charge in [0, 0.05) is 0 Å². The van der Waals surface area contributed by atoms with Gasteiger partial charge >= 0.3 is 293 Å². The molecule has 0 nitrogen and oxygen atoms in total. The van der Waals surface area contributed by atoms with Crippen LogP contribution in [0.25, 0.3) is 0 Å². The van der Waals surface area contributed by atoms with Crippen LogP contribution in [0.15, 0.2) is 121 Å². The van der Waals surface area contributed by atoms with Crippen molar-refractivity contribution < 1.29 is 0 Å². The van der Waals surface area contributed by atoms with Gasteiger partial charge in [-0.1, -0.05) is 0 Å². The van der Waals surface area contributed by atoms with E-state index >= 15 is 0 Å². The van der Waals surface area contributed by atoms with Gasteiger partial charge in [0.25, 0.3) is 0 Å². The normalized spacial score (nSPS) is 19.7. The van der Waals surface area contributed by atoms with E-state index in [4.69, 9.17) is 0 Å². The molecule has 2 heteroatoms. The molecule has 0 amide bonds. The van der Waals surface area contributed by atoms with Crippen molar-refractivity contribution in [3.8, 4) is 0 Å². The standard InChI is InChI=1S/2C10H20.4C6H5.2Sn/c2*1-3-5-7-9-10-8-6-4-2;4*1-2-4-6-5-3-1;;/h2*1-10H2;4*1-5H;;. The van der Waals surface area contributed by atoms with Crippen LogP contribution in [-0.2, 0) is 0 Å². The first-order chi connectivity index (χ1) is 22.8. The number of hydrogen-bond acceptors (Lipinski definition) is 0. The molecule has 0 aromatic heterocycles. The molecule has 244 valence electrons. The van der Waals surface area contributed by atoms with Crippen molar-refractivity contribution in [1.29, 1.82) is 0 Å². The van der Waals surface area contributed by atoms with Crippen LogP contribution in [0, 0.1) is 0 Å². The van der Waals surface area contributed by atoms with Gasteiger partial charge in [-0.3, -0.25) is 0 Å². The maximum absolute atomic E-state index is 2.75. The van der Waals surface area contributed by atoms with Gasteiger partial charge in [0.1, 0.15) is 0 Å². The Morgan fingerprint density at radius 1 is 0.217 bits per heavy atom. The second-order valence-corrected chi connectivity index (χ2v) is 38.9. The van der Waals surface area contributed by atoms with Crippen molar-refractivity contribution >= 4 is 51.1 Å². The summed E-state index contributed by atoms with van der Waals surface area (Å²) in [6, 6.07) is 47.4. The first-order valence-electron chi connectivity index (χ1n) is 19.1. The van der Waals surface area contributed by atoms with Gasteiger partial charge in [0.15, 0.2) is 0 Å². The van der Waals surface area contributed by atoms with E-state index in [1.54, 1.807) is 14.3 Å². The van der Waals surface area contributed by atoms with Crippen molar-refractivity contribution in [2.75, 3.05) is 0 Å². The number of benzene rings is 4. The fourth-order valence-corrected chi connectivity index (χ4v) is 37.7. The first-order valence-corrected chi connectivity index (χ1v) is 32.8. The SMILES string of the molecule is c1cc[c]([Sn]2([c]3ccccc3)[CH2]CCCCCCCC[CH2][Sn]([c]3ccccc3)([c]3ccccc3)[CH2]CCCCCCCC[CH2]2)cc1. The van der Waals surface area contributed by atoms with Crippen LogP contribution in [0.2, 0.25) is 17.7 Å². The molecule has 1 fully saturated rings. The third kappa shape index (κ3) is 10.2. The van der Waals surface area contributed by atoms with Crippen molar-refractivity contribution in [2.24, 2.45) is 0 Å².